The lowest BCUT2D eigenvalue weighted by atomic mass is 10.1. The molecule has 1 aromatic heterocycles. The first kappa shape index (κ1) is 15.8. The largest absolute Gasteiger partial charge is 0.465 e. The highest BCUT2D eigenvalue weighted by molar-refractivity contribution is 6.05. The van der Waals surface area contributed by atoms with Crippen molar-refractivity contribution in [2.45, 2.75) is 20.8 Å². The van der Waals surface area contributed by atoms with Crippen molar-refractivity contribution in [3.05, 3.63) is 52.8 Å². The van der Waals surface area contributed by atoms with E-state index >= 15 is 0 Å². The predicted molar refractivity (Wildman–Crippen MR) is 82.5 cm³/mol. The fourth-order valence-electron chi connectivity index (χ4n) is 2.61. The zero-order valence-corrected chi connectivity index (χ0v) is 13.2. The quantitative estimate of drug-likeness (QED) is 0.814. The second kappa shape index (κ2) is 6.47. The summed E-state index contributed by atoms with van der Waals surface area (Å²) in [5.41, 5.74) is 2.69. The molecule has 1 aromatic carbocycles. The van der Waals surface area contributed by atoms with E-state index in [0.717, 1.165) is 5.69 Å². The average molecular weight is 301 g/mol. The van der Waals surface area contributed by atoms with Crippen LogP contribution in [0, 0.1) is 13.8 Å². The number of nitrogens with zero attached hydrogens (tertiary/aromatic N) is 1. The Morgan fingerprint density at radius 1 is 1.00 bits per heavy atom. The van der Waals surface area contributed by atoms with Crippen molar-refractivity contribution in [1.82, 2.24) is 4.57 Å². The number of ether oxygens (including phenoxy) is 2. The topological polar surface area (TPSA) is 57.5 Å². The van der Waals surface area contributed by atoms with Crippen molar-refractivity contribution in [2.75, 3.05) is 13.7 Å². The molecule has 1 heterocycles. The Balaban J connectivity index is 2.72. The molecule has 2 aromatic rings. The molecule has 0 unspecified atom stereocenters. The summed E-state index contributed by atoms with van der Waals surface area (Å²) in [6.45, 7) is 5.55. The number of para-hydroxylation sites is 1. The third-order valence-corrected chi connectivity index (χ3v) is 3.53. The van der Waals surface area contributed by atoms with Gasteiger partial charge in [0, 0.05) is 17.1 Å². The van der Waals surface area contributed by atoms with Gasteiger partial charge in [0.05, 0.1) is 24.8 Å². The molecule has 0 N–H and O–H groups in total. The summed E-state index contributed by atoms with van der Waals surface area (Å²) in [5.74, 6) is -1.06. The molecule has 0 saturated heterocycles. The Kier molecular flexibility index (Phi) is 4.65. The van der Waals surface area contributed by atoms with Gasteiger partial charge in [0.15, 0.2) is 0 Å². The summed E-state index contributed by atoms with van der Waals surface area (Å²) in [4.78, 5) is 24.4. The van der Waals surface area contributed by atoms with Crippen LogP contribution in [0.25, 0.3) is 5.69 Å². The molecule has 2 rings (SSSR count). The molecule has 5 nitrogen and oxygen atoms in total. The van der Waals surface area contributed by atoms with Crippen molar-refractivity contribution < 1.29 is 19.1 Å². The van der Waals surface area contributed by atoms with Gasteiger partial charge in [-0.15, -0.1) is 0 Å². The first-order valence-corrected chi connectivity index (χ1v) is 7.05. The molecule has 0 atom stereocenters. The van der Waals surface area contributed by atoms with Crippen molar-refractivity contribution in [2.24, 2.45) is 0 Å². The first-order valence-electron chi connectivity index (χ1n) is 7.05. The molecule has 0 amide bonds. The summed E-state index contributed by atoms with van der Waals surface area (Å²) >= 11 is 0. The molecule has 0 spiro atoms. The molecule has 0 aliphatic carbocycles. The third kappa shape index (κ3) is 2.62. The molecule has 116 valence electrons. The number of hydrogen-bond acceptors (Lipinski definition) is 4. The second-order valence-electron chi connectivity index (χ2n) is 4.80. The Morgan fingerprint density at radius 3 is 2.05 bits per heavy atom. The van der Waals surface area contributed by atoms with Crippen LogP contribution >= 0.6 is 0 Å². The van der Waals surface area contributed by atoms with Gasteiger partial charge in [0.2, 0.25) is 0 Å². The minimum atomic E-state index is -0.543. The number of aromatic nitrogens is 1. The first-order chi connectivity index (χ1) is 10.5. The monoisotopic (exact) mass is 301 g/mol. The Morgan fingerprint density at radius 2 is 1.55 bits per heavy atom. The van der Waals surface area contributed by atoms with Crippen LogP contribution in [0.2, 0.25) is 0 Å². The molecule has 0 bridgehead atoms. The molecule has 0 radical (unpaired) electrons. The number of rotatable bonds is 4. The van der Waals surface area contributed by atoms with E-state index in [9.17, 15) is 9.59 Å². The standard InChI is InChI=1S/C17H19NO4/c1-5-22-17(20)15-12(3)18(13-9-7-6-8-10-13)11(2)14(15)16(19)21-4/h6-10H,5H2,1-4H3. The SMILES string of the molecule is CCOC(=O)c1c(C(=O)OC)c(C)n(-c2ccccc2)c1C. The normalized spacial score (nSPS) is 10.4. The Labute approximate surface area is 129 Å². The lowest BCUT2D eigenvalue weighted by Crippen LogP contribution is -2.12. The summed E-state index contributed by atoms with van der Waals surface area (Å²) in [6.07, 6.45) is 0. The van der Waals surface area contributed by atoms with Gasteiger partial charge in [-0.2, -0.15) is 0 Å². The van der Waals surface area contributed by atoms with E-state index in [0.29, 0.717) is 11.4 Å². The van der Waals surface area contributed by atoms with Crippen LogP contribution in [0.5, 0.6) is 0 Å². The van der Waals surface area contributed by atoms with Gasteiger partial charge in [-0.3, -0.25) is 0 Å². The Hall–Kier alpha value is -2.56. The number of hydrogen-bond donors (Lipinski definition) is 0. The highest BCUT2D eigenvalue weighted by Crippen LogP contribution is 2.27. The zero-order valence-electron chi connectivity index (χ0n) is 13.2. The number of esters is 2. The van der Waals surface area contributed by atoms with Gasteiger partial charge in [-0.1, -0.05) is 18.2 Å². The van der Waals surface area contributed by atoms with Gasteiger partial charge in [-0.25, -0.2) is 9.59 Å². The lowest BCUT2D eigenvalue weighted by Gasteiger charge is -2.09. The van der Waals surface area contributed by atoms with Gasteiger partial charge in [0.1, 0.15) is 0 Å². The van der Waals surface area contributed by atoms with Crippen molar-refractivity contribution >= 4 is 11.9 Å². The van der Waals surface area contributed by atoms with Gasteiger partial charge in [-0.05, 0) is 32.9 Å². The highest BCUT2D eigenvalue weighted by Gasteiger charge is 2.29. The fourth-order valence-corrected chi connectivity index (χ4v) is 2.61. The number of carbonyl (C=O) groups excluding carboxylic acids is 2. The van der Waals surface area contributed by atoms with Gasteiger partial charge < -0.3 is 14.0 Å². The molecule has 0 fully saturated rings. The van der Waals surface area contributed by atoms with E-state index in [1.807, 2.05) is 34.9 Å². The van der Waals surface area contributed by atoms with Crippen LogP contribution in [-0.4, -0.2) is 30.2 Å². The molecule has 0 aliphatic rings. The maximum Gasteiger partial charge on any atom is 0.340 e. The van der Waals surface area contributed by atoms with Crippen molar-refractivity contribution in [3.8, 4) is 5.69 Å². The number of benzene rings is 1. The lowest BCUT2D eigenvalue weighted by molar-refractivity contribution is 0.0504. The Bertz CT molecular complexity index is 701. The average Bonchev–Trinajstić information content (AvgIpc) is 2.78. The maximum absolute atomic E-state index is 12.3. The summed E-state index contributed by atoms with van der Waals surface area (Å²) < 4.78 is 11.8. The third-order valence-electron chi connectivity index (χ3n) is 3.53. The van der Waals surface area contributed by atoms with Crippen LogP contribution in [0.4, 0.5) is 0 Å². The van der Waals surface area contributed by atoms with Gasteiger partial charge in [0.25, 0.3) is 0 Å². The van der Waals surface area contributed by atoms with Crippen molar-refractivity contribution in [3.63, 3.8) is 0 Å². The summed E-state index contributed by atoms with van der Waals surface area (Å²) in [5, 5.41) is 0. The summed E-state index contributed by atoms with van der Waals surface area (Å²) in [7, 11) is 1.30. The van der Waals surface area contributed by atoms with E-state index in [-0.39, 0.29) is 17.7 Å². The van der Waals surface area contributed by atoms with Crippen molar-refractivity contribution in [1.29, 1.82) is 0 Å². The number of methoxy groups -OCH3 is 1. The smallest absolute Gasteiger partial charge is 0.340 e. The molecule has 0 saturated carbocycles. The molecular weight excluding hydrogens is 282 g/mol. The minimum absolute atomic E-state index is 0.244. The van der Waals surface area contributed by atoms with Crippen LogP contribution in [0.15, 0.2) is 30.3 Å². The molecule has 0 aliphatic heterocycles. The zero-order chi connectivity index (χ0) is 16.3. The molecule has 22 heavy (non-hydrogen) atoms. The summed E-state index contributed by atoms with van der Waals surface area (Å²) in [6, 6.07) is 9.53. The van der Waals surface area contributed by atoms with Crippen LogP contribution in [-0.2, 0) is 9.47 Å². The minimum Gasteiger partial charge on any atom is -0.465 e. The maximum atomic E-state index is 12.3. The van der Waals surface area contributed by atoms with E-state index in [1.165, 1.54) is 7.11 Å². The van der Waals surface area contributed by atoms with E-state index in [4.69, 9.17) is 9.47 Å². The van der Waals surface area contributed by atoms with Crippen LogP contribution in [0.3, 0.4) is 0 Å². The van der Waals surface area contributed by atoms with E-state index in [1.54, 1.807) is 20.8 Å². The van der Waals surface area contributed by atoms with Crippen LogP contribution in [0.1, 0.15) is 39.0 Å². The fraction of sp³-hybridized carbons (Fsp3) is 0.294. The van der Waals surface area contributed by atoms with E-state index < -0.39 is 11.9 Å². The second-order valence-corrected chi connectivity index (χ2v) is 4.80. The number of carbonyl (C=O) groups is 2. The molecule has 5 heteroatoms. The van der Waals surface area contributed by atoms with E-state index in [2.05, 4.69) is 0 Å². The highest BCUT2D eigenvalue weighted by atomic mass is 16.5. The van der Waals surface area contributed by atoms with Crippen LogP contribution < -0.4 is 0 Å². The predicted octanol–water partition coefficient (Wildman–Crippen LogP) is 3.06. The molecular formula is C17H19NO4. The van der Waals surface area contributed by atoms with Gasteiger partial charge >= 0.3 is 11.9 Å².